The molecule has 1 aliphatic rings. The SMILES string of the molecule is CCC(=O)NC1COc2ccc(N)cc2C1. The quantitative estimate of drug-likeness (QED) is 0.733. The van der Waals surface area contributed by atoms with Crippen molar-refractivity contribution in [3.63, 3.8) is 0 Å². The number of anilines is 1. The van der Waals surface area contributed by atoms with Gasteiger partial charge in [0.25, 0.3) is 0 Å². The van der Waals surface area contributed by atoms with E-state index in [9.17, 15) is 4.79 Å². The average molecular weight is 220 g/mol. The Kier molecular flexibility index (Phi) is 2.99. The lowest BCUT2D eigenvalue weighted by molar-refractivity contribution is -0.121. The minimum absolute atomic E-state index is 0.0564. The molecule has 0 bridgehead atoms. The van der Waals surface area contributed by atoms with Gasteiger partial charge in [-0.1, -0.05) is 6.92 Å². The Bertz CT molecular complexity index is 404. The Labute approximate surface area is 94.8 Å². The van der Waals surface area contributed by atoms with Crippen LogP contribution in [0, 0.1) is 0 Å². The Morgan fingerprint density at radius 1 is 1.62 bits per heavy atom. The van der Waals surface area contributed by atoms with Gasteiger partial charge in [-0.05, 0) is 30.2 Å². The predicted molar refractivity (Wildman–Crippen MR) is 62.3 cm³/mol. The first-order valence-corrected chi connectivity index (χ1v) is 5.49. The first kappa shape index (κ1) is 10.8. The van der Waals surface area contributed by atoms with Gasteiger partial charge in [-0.15, -0.1) is 0 Å². The number of nitrogen functional groups attached to an aromatic ring is 1. The summed E-state index contributed by atoms with van der Waals surface area (Å²) in [6, 6.07) is 5.66. The van der Waals surface area contributed by atoms with Crippen LogP contribution >= 0.6 is 0 Å². The molecule has 0 spiro atoms. The van der Waals surface area contributed by atoms with Crippen LogP contribution in [-0.4, -0.2) is 18.6 Å². The van der Waals surface area contributed by atoms with E-state index < -0.39 is 0 Å². The zero-order chi connectivity index (χ0) is 11.5. The molecule has 1 aromatic carbocycles. The summed E-state index contributed by atoms with van der Waals surface area (Å²) in [6.45, 7) is 2.37. The molecule has 1 atom stereocenters. The fourth-order valence-corrected chi connectivity index (χ4v) is 1.84. The van der Waals surface area contributed by atoms with E-state index in [0.29, 0.717) is 13.0 Å². The van der Waals surface area contributed by atoms with Crippen LogP contribution in [0.25, 0.3) is 0 Å². The van der Waals surface area contributed by atoms with Crippen molar-refractivity contribution in [1.82, 2.24) is 5.32 Å². The molecule has 4 heteroatoms. The fourth-order valence-electron chi connectivity index (χ4n) is 1.84. The first-order valence-electron chi connectivity index (χ1n) is 5.49. The molecule has 0 fully saturated rings. The average Bonchev–Trinajstić information content (AvgIpc) is 2.28. The number of amides is 1. The van der Waals surface area contributed by atoms with Gasteiger partial charge >= 0.3 is 0 Å². The van der Waals surface area contributed by atoms with Crippen molar-refractivity contribution in [2.24, 2.45) is 0 Å². The van der Waals surface area contributed by atoms with E-state index in [1.165, 1.54) is 0 Å². The van der Waals surface area contributed by atoms with Crippen molar-refractivity contribution < 1.29 is 9.53 Å². The largest absolute Gasteiger partial charge is 0.491 e. The highest BCUT2D eigenvalue weighted by Gasteiger charge is 2.20. The minimum atomic E-state index is 0.0564. The van der Waals surface area contributed by atoms with Crippen LogP contribution in [0.4, 0.5) is 5.69 Å². The predicted octanol–water partition coefficient (Wildman–Crippen LogP) is 1.10. The molecular formula is C12H16N2O2. The van der Waals surface area contributed by atoms with Gasteiger partial charge in [-0.3, -0.25) is 4.79 Å². The Morgan fingerprint density at radius 2 is 2.44 bits per heavy atom. The van der Waals surface area contributed by atoms with Gasteiger partial charge in [0.2, 0.25) is 5.91 Å². The summed E-state index contributed by atoms with van der Waals surface area (Å²) < 4.78 is 5.57. The highest BCUT2D eigenvalue weighted by Crippen LogP contribution is 2.26. The number of hydrogen-bond acceptors (Lipinski definition) is 3. The van der Waals surface area contributed by atoms with E-state index in [1.54, 1.807) is 0 Å². The zero-order valence-electron chi connectivity index (χ0n) is 9.32. The van der Waals surface area contributed by atoms with Gasteiger partial charge < -0.3 is 15.8 Å². The van der Waals surface area contributed by atoms with Gasteiger partial charge in [0.15, 0.2) is 0 Å². The second kappa shape index (κ2) is 4.43. The smallest absolute Gasteiger partial charge is 0.220 e. The lowest BCUT2D eigenvalue weighted by atomic mass is 10.0. The van der Waals surface area contributed by atoms with Gasteiger partial charge in [0.1, 0.15) is 12.4 Å². The molecule has 3 N–H and O–H groups in total. The molecule has 1 unspecified atom stereocenters. The molecule has 0 radical (unpaired) electrons. The summed E-state index contributed by atoms with van der Waals surface area (Å²) in [5.41, 5.74) is 7.50. The van der Waals surface area contributed by atoms with E-state index in [2.05, 4.69) is 5.32 Å². The van der Waals surface area contributed by atoms with Crippen LogP contribution in [0.15, 0.2) is 18.2 Å². The van der Waals surface area contributed by atoms with Crippen LogP contribution in [-0.2, 0) is 11.2 Å². The number of hydrogen-bond donors (Lipinski definition) is 2. The van der Waals surface area contributed by atoms with Gasteiger partial charge in [-0.25, -0.2) is 0 Å². The summed E-state index contributed by atoms with van der Waals surface area (Å²) in [6.07, 6.45) is 1.28. The van der Waals surface area contributed by atoms with Crippen molar-refractivity contribution in [3.05, 3.63) is 23.8 Å². The molecule has 2 rings (SSSR count). The molecule has 86 valence electrons. The van der Waals surface area contributed by atoms with Crippen molar-refractivity contribution in [2.75, 3.05) is 12.3 Å². The molecule has 0 aromatic heterocycles. The summed E-state index contributed by atoms with van der Waals surface area (Å²) in [5, 5.41) is 2.92. The number of rotatable bonds is 2. The maximum atomic E-state index is 11.3. The monoisotopic (exact) mass is 220 g/mol. The highest BCUT2D eigenvalue weighted by atomic mass is 16.5. The van der Waals surface area contributed by atoms with Crippen LogP contribution in [0.5, 0.6) is 5.75 Å². The number of benzene rings is 1. The van der Waals surface area contributed by atoms with Crippen LogP contribution in [0.1, 0.15) is 18.9 Å². The van der Waals surface area contributed by atoms with Gasteiger partial charge in [0.05, 0.1) is 6.04 Å². The molecular weight excluding hydrogens is 204 g/mol. The molecule has 0 saturated carbocycles. The highest BCUT2D eigenvalue weighted by molar-refractivity contribution is 5.76. The molecule has 0 aliphatic carbocycles. The maximum Gasteiger partial charge on any atom is 0.220 e. The molecule has 1 amide bonds. The Morgan fingerprint density at radius 3 is 3.19 bits per heavy atom. The first-order chi connectivity index (χ1) is 7.69. The van der Waals surface area contributed by atoms with Crippen molar-refractivity contribution >= 4 is 11.6 Å². The van der Waals surface area contributed by atoms with Gasteiger partial charge in [0, 0.05) is 12.1 Å². The van der Waals surface area contributed by atoms with Crippen LogP contribution < -0.4 is 15.8 Å². The summed E-state index contributed by atoms with van der Waals surface area (Å²) in [4.78, 5) is 11.3. The topological polar surface area (TPSA) is 64.3 Å². The summed E-state index contributed by atoms with van der Waals surface area (Å²) in [5.74, 6) is 0.928. The lowest BCUT2D eigenvalue weighted by Crippen LogP contribution is -2.42. The number of carbonyl (C=O) groups excluding carboxylic acids is 1. The number of carbonyl (C=O) groups is 1. The van der Waals surface area contributed by atoms with E-state index in [0.717, 1.165) is 23.4 Å². The summed E-state index contributed by atoms with van der Waals surface area (Å²) >= 11 is 0. The Balaban J connectivity index is 2.08. The third kappa shape index (κ3) is 2.27. The molecule has 1 aliphatic heterocycles. The maximum absolute atomic E-state index is 11.3. The number of nitrogens with two attached hydrogens (primary N) is 1. The van der Waals surface area contributed by atoms with E-state index in [1.807, 2.05) is 25.1 Å². The van der Waals surface area contributed by atoms with E-state index >= 15 is 0 Å². The van der Waals surface area contributed by atoms with Gasteiger partial charge in [-0.2, -0.15) is 0 Å². The normalized spacial score (nSPS) is 18.4. The second-order valence-corrected chi connectivity index (χ2v) is 4.00. The molecule has 16 heavy (non-hydrogen) atoms. The molecule has 1 aromatic rings. The third-order valence-corrected chi connectivity index (χ3v) is 2.68. The number of ether oxygens (including phenoxy) is 1. The molecule has 4 nitrogen and oxygen atoms in total. The Hall–Kier alpha value is -1.71. The van der Waals surface area contributed by atoms with Crippen molar-refractivity contribution in [1.29, 1.82) is 0 Å². The number of nitrogens with one attached hydrogen (secondary N) is 1. The lowest BCUT2D eigenvalue weighted by Gasteiger charge is -2.26. The fraction of sp³-hybridized carbons (Fsp3) is 0.417. The van der Waals surface area contributed by atoms with Crippen molar-refractivity contribution in [2.45, 2.75) is 25.8 Å². The van der Waals surface area contributed by atoms with E-state index in [4.69, 9.17) is 10.5 Å². The third-order valence-electron chi connectivity index (χ3n) is 2.68. The van der Waals surface area contributed by atoms with Crippen LogP contribution in [0.3, 0.4) is 0 Å². The zero-order valence-corrected chi connectivity index (χ0v) is 9.32. The standard InChI is InChI=1S/C12H16N2O2/c1-2-12(15)14-10-6-8-5-9(13)3-4-11(8)16-7-10/h3-5,10H,2,6-7,13H2,1H3,(H,14,15). The van der Waals surface area contributed by atoms with E-state index in [-0.39, 0.29) is 11.9 Å². The number of fused-ring (bicyclic) bond motifs is 1. The summed E-state index contributed by atoms with van der Waals surface area (Å²) in [7, 11) is 0. The minimum Gasteiger partial charge on any atom is -0.491 e. The molecule has 0 saturated heterocycles. The molecule has 1 heterocycles. The second-order valence-electron chi connectivity index (χ2n) is 4.00. The van der Waals surface area contributed by atoms with Crippen molar-refractivity contribution in [3.8, 4) is 5.75 Å². The van der Waals surface area contributed by atoms with Crippen LogP contribution in [0.2, 0.25) is 0 Å².